The molecule has 1 heterocycles. The highest BCUT2D eigenvalue weighted by Gasteiger charge is 2.26. The average molecular weight is 377 g/mol. The maximum atomic E-state index is 14.4. The molecule has 0 N–H and O–H groups in total. The van der Waals surface area contributed by atoms with E-state index >= 15 is 0 Å². The molecule has 27 heavy (non-hydrogen) atoms. The Kier molecular flexibility index (Phi) is 6.46. The number of carbonyl (C=O) groups is 2. The molecule has 0 saturated carbocycles. The van der Waals surface area contributed by atoms with Gasteiger partial charge in [-0.1, -0.05) is 0 Å². The Balaban J connectivity index is 1.99. The van der Waals surface area contributed by atoms with Crippen LogP contribution in [0.4, 0.5) is 14.9 Å². The predicted molar refractivity (Wildman–Crippen MR) is 104 cm³/mol. The van der Waals surface area contributed by atoms with Crippen LogP contribution in [0.15, 0.2) is 30.5 Å². The molecular formula is C20H28FN3O3. The lowest BCUT2D eigenvalue weighted by molar-refractivity contribution is 0.0240. The van der Waals surface area contributed by atoms with E-state index in [9.17, 15) is 14.0 Å². The van der Waals surface area contributed by atoms with Gasteiger partial charge in [-0.05, 0) is 39.0 Å². The average Bonchev–Trinajstić information content (AvgIpc) is 2.58. The van der Waals surface area contributed by atoms with Crippen molar-refractivity contribution in [3.63, 3.8) is 0 Å². The topological polar surface area (TPSA) is 53.1 Å². The number of halogens is 1. The fraction of sp³-hybridized carbons (Fsp3) is 0.500. The van der Waals surface area contributed by atoms with E-state index in [1.807, 2.05) is 25.7 Å². The molecule has 0 aliphatic carbocycles. The van der Waals surface area contributed by atoms with Crippen LogP contribution in [0.25, 0.3) is 0 Å². The molecule has 6 nitrogen and oxygen atoms in total. The van der Waals surface area contributed by atoms with Crippen LogP contribution in [-0.2, 0) is 4.74 Å². The number of nitrogens with zero attached hydrogens (tertiary/aromatic N) is 3. The third-order valence-corrected chi connectivity index (χ3v) is 4.04. The van der Waals surface area contributed by atoms with Gasteiger partial charge in [0.25, 0.3) is 0 Å². The van der Waals surface area contributed by atoms with Crippen LogP contribution < -0.4 is 4.90 Å². The summed E-state index contributed by atoms with van der Waals surface area (Å²) < 4.78 is 19.8. The fourth-order valence-electron chi connectivity index (χ4n) is 2.68. The minimum atomic E-state index is -0.546. The highest BCUT2D eigenvalue weighted by atomic mass is 19.1. The van der Waals surface area contributed by atoms with Gasteiger partial charge in [0.05, 0.1) is 5.56 Å². The van der Waals surface area contributed by atoms with Crippen LogP contribution in [0.2, 0.25) is 0 Å². The second-order valence-corrected chi connectivity index (χ2v) is 7.76. The van der Waals surface area contributed by atoms with Crippen molar-refractivity contribution in [3.05, 3.63) is 41.9 Å². The first-order valence-corrected chi connectivity index (χ1v) is 8.98. The number of amides is 1. The molecule has 1 amide bonds. The summed E-state index contributed by atoms with van der Waals surface area (Å²) in [4.78, 5) is 29.5. The number of carbonyl (C=O) groups excluding carboxylic acids is 2. The predicted octanol–water partition coefficient (Wildman–Crippen LogP) is 3.14. The maximum absolute atomic E-state index is 14.4. The molecule has 0 aromatic heterocycles. The van der Waals surface area contributed by atoms with Gasteiger partial charge in [-0.3, -0.25) is 4.79 Å². The Morgan fingerprint density at radius 2 is 1.78 bits per heavy atom. The van der Waals surface area contributed by atoms with Crippen LogP contribution in [0.3, 0.4) is 0 Å². The molecule has 1 aromatic carbocycles. The highest BCUT2D eigenvalue weighted by molar-refractivity contribution is 6.04. The number of piperazine rings is 1. The van der Waals surface area contributed by atoms with Crippen LogP contribution >= 0.6 is 0 Å². The third-order valence-electron chi connectivity index (χ3n) is 4.04. The van der Waals surface area contributed by atoms with Gasteiger partial charge < -0.3 is 19.4 Å². The lowest BCUT2D eigenvalue weighted by Crippen LogP contribution is -2.50. The SMILES string of the molecule is CN(C)/C=C/C(=O)c1ccc(N2CCN(C(=O)OC(C)(C)C)CC2)cc1F. The van der Waals surface area contributed by atoms with Crippen molar-refractivity contribution in [1.82, 2.24) is 9.80 Å². The fourth-order valence-corrected chi connectivity index (χ4v) is 2.68. The summed E-state index contributed by atoms with van der Waals surface area (Å²) in [6.07, 6.45) is 2.60. The van der Waals surface area contributed by atoms with E-state index in [-0.39, 0.29) is 17.4 Å². The number of ketones is 1. The molecule has 1 aromatic rings. The first-order chi connectivity index (χ1) is 12.6. The standard InChI is InChI=1S/C20H28FN3O3/c1-20(2,3)27-19(26)24-12-10-23(11-13-24)15-6-7-16(17(21)14-15)18(25)8-9-22(4)5/h6-9,14H,10-13H2,1-5H3/b9-8+. The number of ether oxygens (including phenoxy) is 1. The van der Waals surface area contributed by atoms with Gasteiger partial charge >= 0.3 is 6.09 Å². The molecule has 1 fully saturated rings. The van der Waals surface area contributed by atoms with Gasteiger partial charge in [0.2, 0.25) is 0 Å². The maximum Gasteiger partial charge on any atom is 0.410 e. The van der Waals surface area contributed by atoms with Crippen molar-refractivity contribution >= 4 is 17.6 Å². The van der Waals surface area contributed by atoms with Crippen molar-refractivity contribution in [2.45, 2.75) is 26.4 Å². The monoisotopic (exact) mass is 377 g/mol. The van der Waals surface area contributed by atoms with Crippen molar-refractivity contribution in [2.75, 3.05) is 45.2 Å². The van der Waals surface area contributed by atoms with Crippen LogP contribution in [-0.4, -0.2) is 67.6 Å². The van der Waals surface area contributed by atoms with Crippen LogP contribution in [0.1, 0.15) is 31.1 Å². The van der Waals surface area contributed by atoms with Crippen LogP contribution in [0, 0.1) is 5.82 Å². The highest BCUT2D eigenvalue weighted by Crippen LogP contribution is 2.21. The molecule has 0 unspecified atom stereocenters. The molecule has 1 saturated heterocycles. The quantitative estimate of drug-likeness (QED) is 0.596. The van der Waals surface area contributed by atoms with E-state index < -0.39 is 11.4 Å². The summed E-state index contributed by atoms with van der Waals surface area (Å²) in [5.41, 5.74) is 0.217. The van der Waals surface area contributed by atoms with E-state index in [0.29, 0.717) is 31.9 Å². The molecule has 1 aliphatic heterocycles. The summed E-state index contributed by atoms with van der Waals surface area (Å²) in [5, 5.41) is 0. The van der Waals surface area contributed by atoms with Gasteiger partial charge in [-0.15, -0.1) is 0 Å². The summed E-state index contributed by atoms with van der Waals surface area (Å²) >= 11 is 0. The second kappa shape index (κ2) is 8.41. The minimum Gasteiger partial charge on any atom is -0.444 e. The Labute approximate surface area is 160 Å². The Bertz CT molecular complexity index is 718. The second-order valence-electron chi connectivity index (χ2n) is 7.76. The number of hydrogen-bond donors (Lipinski definition) is 0. The van der Waals surface area contributed by atoms with Crippen LogP contribution in [0.5, 0.6) is 0 Å². The molecule has 7 heteroatoms. The first kappa shape index (κ1) is 20.7. The molecular weight excluding hydrogens is 349 g/mol. The minimum absolute atomic E-state index is 0.0456. The number of anilines is 1. The number of rotatable bonds is 4. The Morgan fingerprint density at radius 3 is 2.30 bits per heavy atom. The Morgan fingerprint density at radius 1 is 1.15 bits per heavy atom. The molecule has 148 valence electrons. The summed E-state index contributed by atoms with van der Waals surface area (Å²) in [5.74, 6) is -0.919. The lowest BCUT2D eigenvalue weighted by atomic mass is 10.1. The summed E-state index contributed by atoms with van der Waals surface area (Å²) in [7, 11) is 3.58. The number of benzene rings is 1. The van der Waals surface area contributed by atoms with E-state index in [2.05, 4.69) is 0 Å². The summed E-state index contributed by atoms with van der Waals surface area (Å²) in [6.45, 7) is 7.66. The van der Waals surface area contributed by atoms with Crippen molar-refractivity contribution in [2.24, 2.45) is 0 Å². The van der Waals surface area contributed by atoms with Gasteiger partial charge in [-0.2, -0.15) is 0 Å². The van der Waals surface area contributed by atoms with Crippen molar-refractivity contribution < 1.29 is 18.7 Å². The zero-order valence-electron chi connectivity index (χ0n) is 16.7. The lowest BCUT2D eigenvalue weighted by Gasteiger charge is -2.36. The van der Waals surface area contributed by atoms with E-state index in [1.54, 1.807) is 36.2 Å². The smallest absolute Gasteiger partial charge is 0.410 e. The Hall–Kier alpha value is -2.57. The number of allylic oxidation sites excluding steroid dienone is 1. The van der Waals surface area contributed by atoms with E-state index in [4.69, 9.17) is 4.74 Å². The van der Waals surface area contributed by atoms with Crippen molar-refractivity contribution in [1.29, 1.82) is 0 Å². The normalized spacial score (nSPS) is 15.2. The van der Waals surface area contributed by atoms with Gasteiger partial charge in [0.15, 0.2) is 5.78 Å². The molecule has 2 rings (SSSR count). The van der Waals surface area contributed by atoms with Gasteiger partial charge in [0.1, 0.15) is 11.4 Å². The molecule has 0 atom stereocenters. The largest absolute Gasteiger partial charge is 0.444 e. The zero-order chi connectivity index (χ0) is 20.2. The molecule has 1 aliphatic rings. The van der Waals surface area contributed by atoms with Crippen molar-refractivity contribution in [3.8, 4) is 0 Å². The van der Waals surface area contributed by atoms with E-state index in [1.165, 1.54) is 18.2 Å². The van der Waals surface area contributed by atoms with Gasteiger partial charge in [-0.25, -0.2) is 9.18 Å². The molecule has 0 radical (unpaired) electrons. The molecule has 0 spiro atoms. The van der Waals surface area contributed by atoms with Gasteiger partial charge in [0, 0.05) is 58.2 Å². The van der Waals surface area contributed by atoms with E-state index in [0.717, 1.165) is 0 Å². The first-order valence-electron chi connectivity index (χ1n) is 8.98. The number of hydrogen-bond acceptors (Lipinski definition) is 5. The third kappa shape index (κ3) is 5.98. The molecule has 0 bridgehead atoms. The summed E-state index contributed by atoms with van der Waals surface area (Å²) in [6, 6.07) is 4.62. The zero-order valence-corrected chi connectivity index (χ0v) is 16.7.